The average molecular weight is 675 g/mol. The van der Waals surface area contributed by atoms with Crippen LogP contribution in [0.15, 0.2) is 30.3 Å². The maximum absolute atomic E-state index is 7.13. The van der Waals surface area contributed by atoms with E-state index >= 15 is 0 Å². The van der Waals surface area contributed by atoms with Crippen LogP contribution in [0, 0.1) is 0 Å². The summed E-state index contributed by atoms with van der Waals surface area (Å²) in [5, 5.41) is 0.632. The molecule has 1 spiro atoms. The molecule has 1 saturated heterocycles. The SMILES string of the molecule is CCCCOC[C@H]1O[C@]2(OCOc3cc(Cl)c(Cc4ccc5c(c4)CCO5)cc32)[C@H](OCCCC)[C@@H](OCCCC)[C@@H]1OCCCC. The molecule has 2 aromatic carbocycles. The summed E-state index contributed by atoms with van der Waals surface area (Å²) in [6, 6.07) is 10.3. The topological polar surface area (TPSA) is 73.8 Å². The maximum Gasteiger partial charge on any atom is 0.231 e. The van der Waals surface area contributed by atoms with Crippen LogP contribution in [0.2, 0.25) is 5.02 Å². The first kappa shape index (κ1) is 36.4. The van der Waals surface area contributed by atoms with Crippen LogP contribution in [0.25, 0.3) is 0 Å². The van der Waals surface area contributed by atoms with Crippen LogP contribution >= 0.6 is 11.6 Å². The zero-order valence-electron chi connectivity index (χ0n) is 28.9. The van der Waals surface area contributed by atoms with Gasteiger partial charge in [0.05, 0.1) is 18.8 Å². The molecule has 3 heterocycles. The van der Waals surface area contributed by atoms with E-state index in [0.717, 1.165) is 86.8 Å². The lowest BCUT2D eigenvalue weighted by atomic mass is 9.85. The second-order valence-electron chi connectivity index (χ2n) is 12.8. The molecule has 0 N–H and O–H groups in total. The van der Waals surface area contributed by atoms with Crippen LogP contribution in [0.4, 0.5) is 0 Å². The number of fused-ring (bicyclic) bond motifs is 3. The Morgan fingerprint density at radius 2 is 1.49 bits per heavy atom. The van der Waals surface area contributed by atoms with Gasteiger partial charge in [0.15, 0.2) is 6.79 Å². The Bertz CT molecular complexity index is 1260. The molecule has 1 fully saturated rings. The van der Waals surface area contributed by atoms with Gasteiger partial charge in [0, 0.05) is 37.9 Å². The third-order valence-electron chi connectivity index (χ3n) is 9.19. The molecular weight excluding hydrogens is 620 g/mol. The van der Waals surface area contributed by atoms with Crippen molar-refractivity contribution in [1.29, 1.82) is 0 Å². The highest BCUT2D eigenvalue weighted by atomic mass is 35.5. The Hall–Kier alpha value is -1.91. The molecule has 0 aliphatic carbocycles. The fourth-order valence-corrected chi connectivity index (χ4v) is 6.71. The zero-order chi connectivity index (χ0) is 33.1. The van der Waals surface area contributed by atoms with Gasteiger partial charge in [-0.2, -0.15) is 0 Å². The Balaban J connectivity index is 1.56. The number of benzene rings is 2. The van der Waals surface area contributed by atoms with Crippen molar-refractivity contribution >= 4 is 11.6 Å². The van der Waals surface area contributed by atoms with Crippen molar-refractivity contribution in [1.82, 2.24) is 0 Å². The van der Waals surface area contributed by atoms with Crippen molar-refractivity contribution in [2.45, 2.75) is 122 Å². The molecule has 47 heavy (non-hydrogen) atoms. The first-order chi connectivity index (χ1) is 23.0. The van der Waals surface area contributed by atoms with Gasteiger partial charge in [-0.05, 0) is 67.0 Å². The van der Waals surface area contributed by atoms with Gasteiger partial charge >= 0.3 is 0 Å². The predicted molar refractivity (Wildman–Crippen MR) is 183 cm³/mol. The van der Waals surface area contributed by atoms with Gasteiger partial charge in [-0.25, -0.2) is 0 Å². The third-order valence-corrected chi connectivity index (χ3v) is 9.54. The van der Waals surface area contributed by atoms with Crippen LogP contribution in [0.3, 0.4) is 0 Å². The molecular formula is C38H55ClO8. The molecule has 0 aromatic heterocycles. The van der Waals surface area contributed by atoms with Crippen molar-refractivity contribution in [3.8, 4) is 11.5 Å². The largest absolute Gasteiger partial charge is 0.493 e. The van der Waals surface area contributed by atoms with E-state index in [9.17, 15) is 0 Å². The summed E-state index contributed by atoms with van der Waals surface area (Å²) >= 11 is 6.95. The molecule has 9 heteroatoms. The highest BCUT2D eigenvalue weighted by Crippen LogP contribution is 2.50. The molecule has 5 atom stereocenters. The minimum Gasteiger partial charge on any atom is -0.493 e. The monoisotopic (exact) mass is 674 g/mol. The number of unbranched alkanes of at least 4 members (excludes halogenated alkanes) is 4. The van der Waals surface area contributed by atoms with Gasteiger partial charge < -0.3 is 37.9 Å². The van der Waals surface area contributed by atoms with E-state index < -0.39 is 30.2 Å². The van der Waals surface area contributed by atoms with E-state index in [0.29, 0.717) is 50.2 Å². The van der Waals surface area contributed by atoms with Crippen LogP contribution in [-0.4, -0.2) is 70.9 Å². The Labute approximate surface area is 286 Å². The van der Waals surface area contributed by atoms with Gasteiger partial charge in [0.1, 0.15) is 35.9 Å². The fraction of sp³-hybridized carbons (Fsp3) is 0.684. The minimum absolute atomic E-state index is 0.00636. The molecule has 0 saturated carbocycles. The minimum atomic E-state index is -1.31. The zero-order valence-corrected chi connectivity index (χ0v) is 29.6. The van der Waals surface area contributed by atoms with Crippen molar-refractivity contribution in [3.63, 3.8) is 0 Å². The molecule has 262 valence electrons. The average Bonchev–Trinajstić information content (AvgIpc) is 3.54. The van der Waals surface area contributed by atoms with E-state index in [2.05, 4.69) is 52.0 Å². The van der Waals surface area contributed by atoms with E-state index in [1.807, 2.05) is 6.07 Å². The quantitative estimate of drug-likeness (QED) is 0.138. The van der Waals surface area contributed by atoms with Gasteiger partial charge in [-0.1, -0.05) is 77.1 Å². The summed E-state index contributed by atoms with van der Waals surface area (Å²) in [4.78, 5) is 0. The molecule has 3 aliphatic heterocycles. The Kier molecular flexibility index (Phi) is 14.1. The van der Waals surface area contributed by atoms with Crippen LogP contribution in [0.5, 0.6) is 11.5 Å². The predicted octanol–water partition coefficient (Wildman–Crippen LogP) is 8.16. The molecule has 0 bridgehead atoms. The maximum atomic E-state index is 7.13. The number of ether oxygens (including phenoxy) is 8. The standard InChI is InChI=1S/C38H55ClO8/c1-5-9-16-40-25-34-35(42-17-10-6-2)36(43-18-11-7-3)37(44-19-12-8-4)38(47-34)30-23-29(31(39)24-33(30)45-26-46-38)22-27-13-14-32-28(21-27)15-20-41-32/h13-14,21,23-24,34-37H,5-12,15-20,22,25-26H2,1-4H3/t34-,35-,36+,37-,38+/m1/s1. The fourth-order valence-electron chi connectivity index (χ4n) is 6.49. The van der Waals surface area contributed by atoms with Crippen LogP contribution < -0.4 is 9.47 Å². The second kappa shape index (κ2) is 18.2. The Morgan fingerprint density at radius 1 is 0.787 bits per heavy atom. The lowest BCUT2D eigenvalue weighted by Crippen LogP contribution is -2.67. The molecule has 8 nitrogen and oxygen atoms in total. The van der Waals surface area contributed by atoms with E-state index in [1.54, 1.807) is 0 Å². The van der Waals surface area contributed by atoms with Crippen molar-refractivity contribution < 1.29 is 37.9 Å². The summed E-state index contributed by atoms with van der Waals surface area (Å²) in [6.45, 7) is 12.1. The molecule has 0 unspecified atom stereocenters. The molecule has 0 amide bonds. The van der Waals surface area contributed by atoms with Gasteiger partial charge in [-0.15, -0.1) is 0 Å². The summed E-state index contributed by atoms with van der Waals surface area (Å²) in [5.41, 5.74) is 4.10. The van der Waals surface area contributed by atoms with Gasteiger partial charge in [0.2, 0.25) is 5.79 Å². The summed E-state index contributed by atoms with van der Waals surface area (Å²) < 4.78 is 52.0. The number of hydrogen-bond donors (Lipinski definition) is 0. The summed E-state index contributed by atoms with van der Waals surface area (Å²) in [5.74, 6) is 0.276. The number of hydrogen-bond acceptors (Lipinski definition) is 8. The van der Waals surface area contributed by atoms with Crippen LogP contribution in [0.1, 0.15) is 101 Å². The molecule has 3 aliphatic rings. The molecule has 0 radical (unpaired) electrons. The van der Waals surface area contributed by atoms with Gasteiger partial charge in [0.25, 0.3) is 0 Å². The summed E-state index contributed by atoms with van der Waals surface area (Å²) in [6.07, 6.45) is 7.48. The van der Waals surface area contributed by atoms with E-state index in [1.165, 1.54) is 5.56 Å². The second-order valence-corrected chi connectivity index (χ2v) is 13.2. The lowest BCUT2D eigenvalue weighted by molar-refractivity contribution is -0.402. The Morgan fingerprint density at radius 3 is 2.23 bits per heavy atom. The first-order valence-corrected chi connectivity index (χ1v) is 18.4. The van der Waals surface area contributed by atoms with Crippen molar-refractivity contribution in [2.24, 2.45) is 0 Å². The number of halogens is 1. The van der Waals surface area contributed by atoms with Crippen LogP contribution in [-0.2, 0) is 47.0 Å². The highest BCUT2D eigenvalue weighted by Gasteiger charge is 2.61. The highest BCUT2D eigenvalue weighted by molar-refractivity contribution is 6.31. The van der Waals surface area contributed by atoms with Gasteiger partial charge in [-0.3, -0.25) is 0 Å². The molecule has 5 rings (SSSR count). The van der Waals surface area contributed by atoms with E-state index in [-0.39, 0.29) is 6.79 Å². The van der Waals surface area contributed by atoms with Crippen molar-refractivity contribution in [3.05, 3.63) is 57.6 Å². The smallest absolute Gasteiger partial charge is 0.231 e. The first-order valence-electron chi connectivity index (χ1n) is 18.0. The third kappa shape index (κ3) is 8.82. The lowest BCUT2D eigenvalue weighted by Gasteiger charge is -2.53. The van der Waals surface area contributed by atoms with E-state index in [4.69, 9.17) is 49.5 Å². The molecule has 2 aromatic rings. The van der Waals surface area contributed by atoms with Crippen molar-refractivity contribution in [2.75, 3.05) is 46.4 Å². The normalized spacial score (nSPS) is 25.0. The number of rotatable bonds is 19. The summed E-state index contributed by atoms with van der Waals surface area (Å²) in [7, 11) is 0.